The Morgan fingerprint density at radius 2 is 1.59 bits per heavy atom. The highest BCUT2D eigenvalue weighted by molar-refractivity contribution is 6.60. The topological polar surface area (TPSA) is 44.8 Å². The molecule has 5 heteroatoms. The molecule has 0 fully saturated rings. The first-order valence-corrected chi connectivity index (χ1v) is 11.9. The Morgan fingerprint density at radius 3 is 2.19 bits per heavy atom. The zero-order valence-electron chi connectivity index (χ0n) is 17.0. The zero-order valence-corrected chi connectivity index (χ0v) is 18.0. The largest absolute Gasteiger partial charge is 0.506 e. The molecule has 0 aromatic heterocycles. The van der Waals surface area contributed by atoms with Crippen molar-refractivity contribution < 1.29 is 18.1 Å². The SMILES string of the molecule is CCCO[Si](Cc1cccc2ccccc12)(OCCC)OC(CC)C(C)=O. The molecular formula is C22H32O4Si. The molecule has 2 aromatic rings. The summed E-state index contributed by atoms with van der Waals surface area (Å²) < 4.78 is 18.9. The number of hydrogen-bond donors (Lipinski definition) is 0. The molecular weight excluding hydrogens is 356 g/mol. The lowest BCUT2D eigenvalue weighted by molar-refractivity contribution is -0.126. The lowest BCUT2D eigenvalue weighted by atomic mass is 10.1. The maximum absolute atomic E-state index is 12.1. The van der Waals surface area contributed by atoms with E-state index >= 15 is 0 Å². The molecule has 4 nitrogen and oxygen atoms in total. The Hall–Kier alpha value is -1.53. The van der Waals surface area contributed by atoms with E-state index in [1.807, 2.05) is 19.1 Å². The van der Waals surface area contributed by atoms with Gasteiger partial charge in [-0.05, 0) is 42.5 Å². The number of hydrogen-bond acceptors (Lipinski definition) is 4. The average molecular weight is 389 g/mol. The summed E-state index contributed by atoms with van der Waals surface area (Å²) in [5.41, 5.74) is 1.14. The van der Waals surface area contributed by atoms with E-state index < -0.39 is 14.9 Å². The fourth-order valence-electron chi connectivity index (χ4n) is 3.12. The average Bonchev–Trinajstić information content (AvgIpc) is 2.69. The van der Waals surface area contributed by atoms with Crippen LogP contribution in [0.15, 0.2) is 42.5 Å². The molecule has 0 bridgehead atoms. The van der Waals surface area contributed by atoms with Gasteiger partial charge in [0.1, 0.15) is 6.10 Å². The number of rotatable bonds is 12. The molecule has 27 heavy (non-hydrogen) atoms. The molecule has 0 N–H and O–H groups in total. The third kappa shape index (κ3) is 5.97. The third-order valence-corrected chi connectivity index (χ3v) is 7.23. The third-order valence-electron chi connectivity index (χ3n) is 4.49. The maximum Gasteiger partial charge on any atom is 0.506 e. The van der Waals surface area contributed by atoms with Gasteiger partial charge in [0, 0.05) is 19.3 Å². The predicted molar refractivity (Wildman–Crippen MR) is 112 cm³/mol. The van der Waals surface area contributed by atoms with Gasteiger partial charge in [-0.1, -0.05) is 63.2 Å². The van der Waals surface area contributed by atoms with E-state index in [4.69, 9.17) is 13.3 Å². The van der Waals surface area contributed by atoms with E-state index in [1.54, 1.807) is 6.92 Å². The number of fused-ring (bicyclic) bond motifs is 1. The standard InChI is InChI=1S/C22H32O4Si/c1-5-15-24-27(25-16-6-2,26-22(7-3)18(4)23)17-20-13-10-12-19-11-8-9-14-21(19)20/h8-14,22H,5-7,15-17H2,1-4H3. The Balaban J connectivity index is 2.42. The van der Waals surface area contributed by atoms with Crippen LogP contribution < -0.4 is 0 Å². The van der Waals surface area contributed by atoms with E-state index in [2.05, 4.69) is 44.2 Å². The normalized spacial score (nSPS) is 13.0. The van der Waals surface area contributed by atoms with Crippen molar-refractivity contribution in [3.05, 3.63) is 48.0 Å². The van der Waals surface area contributed by atoms with Gasteiger partial charge in [-0.3, -0.25) is 4.79 Å². The van der Waals surface area contributed by atoms with E-state index in [0.29, 0.717) is 25.7 Å². The summed E-state index contributed by atoms with van der Waals surface area (Å²) in [6.45, 7) is 8.80. The summed E-state index contributed by atoms with van der Waals surface area (Å²) in [5, 5.41) is 2.36. The molecule has 1 unspecified atom stereocenters. The van der Waals surface area contributed by atoms with E-state index in [-0.39, 0.29) is 5.78 Å². The van der Waals surface area contributed by atoms with Crippen LogP contribution >= 0.6 is 0 Å². The van der Waals surface area contributed by atoms with Crippen molar-refractivity contribution >= 4 is 25.4 Å². The molecule has 148 valence electrons. The Bertz CT molecular complexity index is 718. The smallest absolute Gasteiger partial charge is 0.373 e. The number of carbonyl (C=O) groups is 1. The number of ketones is 1. The summed E-state index contributed by atoms with van der Waals surface area (Å²) in [4.78, 5) is 12.1. The second-order valence-electron chi connectivity index (χ2n) is 6.82. The quantitative estimate of drug-likeness (QED) is 0.475. The van der Waals surface area contributed by atoms with E-state index in [0.717, 1.165) is 18.4 Å². The van der Waals surface area contributed by atoms with Crippen LogP contribution in [0.3, 0.4) is 0 Å². The van der Waals surface area contributed by atoms with Crippen LogP contribution in [0, 0.1) is 0 Å². The summed E-state index contributed by atoms with van der Waals surface area (Å²) in [5.74, 6) is 0.0208. The highest BCUT2D eigenvalue weighted by atomic mass is 28.4. The highest BCUT2D eigenvalue weighted by Gasteiger charge is 2.44. The molecule has 2 aromatic carbocycles. The van der Waals surface area contributed by atoms with Crippen molar-refractivity contribution in [2.75, 3.05) is 13.2 Å². The molecule has 0 heterocycles. The van der Waals surface area contributed by atoms with Gasteiger partial charge in [0.15, 0.2) is 5.78 Å². The van der Waals surface area contributed by atoms with Crippen LogP contribution in [0.1, 0.15) is 52.5 Å². The monoisotopic (exact) mass is 388 g/mol. The minimum atomic E-state index is -3.06. The van der Waals surface area contributed by atoms with Gasteiger partial charge in [-0.15, -0.1) is 0 Å². The van der Waals surface area contributed by atoms with Gasteiger partial charge >= 0.3 is 8.80 Å². The van der Waals surface area contributed by atoms with Gasteiger partial charge < -0.3 is 13.3 Å². The van der Waals surface area contributed by atoms with Gasteiger partial charge in [-0.25, -0.2) is 0 Å². The second-order valence-corrected chi connectivity index (χ2v) is 9.35. The molecule has 1 atom stereocenters. The maximum atomic E-state index is 12.1. The summed E-state index contributed by atoms with van der Waals surface area (Å²) in [6, 6.07) is 15.1. The van der Waals surface area contributed by atoms with Gasteiger partial charge in [0.25, 0.3) is 0 Å². The molecule has 0 saturated carbocycles. The second kappa shape index (κ2) is 10.7. The molecule has 0 radical (unpaired) electrons. The first-order chi connectivity index (χ1) is 13.0. The van der Waals surface area contributed by atoms with Crippen molar-refractivity contribution in [3.8, 4) is 0 Å². The van der Waals surface area contributed by atoms with Crippen LogP contribution in [0.2, 0.25) is 0 Å². The Kier molecular flexibility index (Phi) is 8.63. The summed E-state index contributed by atoms with van der Waals surface area (Å²) in [7, 11) is -3.06. The van der Waals surface area contributed by atoms with Gasteiger partial charge in [0.05, 0.1) is 0 Å². The minimum Gasteiger partial charge on any atom is -0.373 e. The van der Waals surface area contributed by atoms with E-state index in [1.165, 1.54) is 10.8 Å². The van der Waals surface area contributed by atoms with Crippen LogP contribution in [-0.4, -0.2) is 33.9 Å². The number of carbonyl (C=O) groups excluding carboxylic acids is 1. The number of Topliss-reactive ketones (excluding diaryl/α,β-unsaturated/α-hetero) is 1. The summed E-state index contributed by atoms with van der Waals surface area (Å²) in [6.07, 6.45) is 1.88. The summed E-state index contributed by atoms with van der Waals surface area (Å²) >= 11 is 0. The van der Waals surface area contributed by atoms with Crippen molar-refractivity contribution in [3.63, 3.8) is 0 Å². The molecule has 0 saturated heterocycles. The van der Waals surface area contributed by atoms with Crippen LogP contribution in [0.4, 0.5) is 0 Å². The molecule has 0 aliphatic carbocycles. The Labute approximate surface area is 164 Å². The van der Waals surface area contributed by atoms with Gasteiger partial charge in [0.2, 0.25) is 0 Å². The first kappa shape index (κ1) is 21.8. The lowest BCUT2D eigenvalue weighted by Crippen LogP contribution is -2.52. The van der Waals surface area contributed by atoms with Crippen LogP contribution in [-0.2, 0) is 24.1 Å². The first-order valence-electron chi connectivity index (χ1n) is 9.98. The van der Waals surface area contributed by atoms with Crippen LogP contribution in [0.5, 0.6) is 0 Å². The molecule has 0 aliphatic heterocycles. The van der Waals surface area contributed by atoms with Gasteiger partial charge in [-0.2, -0.15) is 0 Å². The predicted octanol–water partition coefficient (Wildman–Crippen LogP) is 5.10. The molecule has 0 aliphatic rings. The van der Waals surface area contributed by atoms with Crippen molar-refractivity contribution in [2.24, 2.45) is 0 Å². The minimum absolute atomic E-state index is 0.0208. The lowest BCUT2D eigenvalue weighted by Gasteiger charge is -2.33. The fraction of sp³-hybridized carbons (Fsp3) is 0.500. The van der Waals surface area contributed by atoms with E-state index in [9.17, 15) is 4.79 Å². The fourth-order valence-corrected chi connectivity index (χ4v) is 6.20. The Morgan fingerprint density at radius 1 is 0.963 bits per heavy atom. The van der Waals surface area contributed by atoms with Crippen molar-refractivity contribution in [2.45, 2.75) is 59.1 Å². The highest BCUT2D eigenvalue weighted by Crippen LogP contribution is 2.26. The van der Waals surface area contributed by atoms with Crippen LogP contribution in [0.25, 0.3) is 10.8 Å². The molecule has 0 spiro atoms. The van der Waals surface area contributed by atoms with Crippen molar-refractivity contribution in [1.29, 1.82) is 0 Å². The number of benzene rings is 2. The van der Waals surface area contributed by atoms with Crippen molar-refractivity contribution in [1.82, 2.24) is 0 Å². The molecule has 0 amide bonds. The zero-order chi connectivity index (χ0) is 19.7. The molecule has 2 rings (SSSR count).